The van der Waals surface area contributed by atoms with E-state index in [1.54, 1.807) is 0 Å². The second-order valence-corrected chi connectivity index (χ2v) is 10.0. The molecule has 0 spiro atoms. The highest BCUT2D eigenvalue weighted by molar-refractivity contribution is 6.03. The highest BCUT2D eigenvalue weighted by Crippen LogP contribution is 2.44. The van der Waals surface area contributed by atoms with E-state index in [1.807, 2.05) is 26.0 Å². The molecule has 30 heavy (non-hydrogen) atoms. The molecular weight excluding hydrogens is 370 g/mol. The Morgan fingerprint density at radius 2 is 1.97 bits per heavy atom. The molecule has 1 amide bonds. The smallest absolute Gasteiger partial charge is 0.225 e. The number of carbonyl (C=O) groups is 1. The van der Waals surface area contributed by atoms with E-state index in [4.69, 9.17) is 11.1 Å². The number of nitrogens with two attached hydrogens (primary N) is 1. The summed E-state index contributed by atoms with van der Waals surface area (Å²) >= 11 is 0. The molecule has 0 unspecified atom stereocenters. The summed E-state index contributed by atoms with van der Waals surface area (Å²) < 4.78 is 0. The number of carbonyl (C=O) groups excluding carboxylic acids is 1. The van der Waals surface area contributed by atoms with Crippen molar-refractivity contribution >= 4 is 17.3 Å². The topological polar surface area (TPSA) is 79.0 Å². The van der Waals surface area contributed by atoms with Gasteiger partial charge >= 0.3 is 0 Å². The van der Waals surface area contributed by atoms with Gasteiger partial charge in [0.15, 0.2) is 0 Å². The lowest BCUT2D eigenvalue weighted by atomic mass is 9.70. The van der Waals surface area contributed by atoms with Crippen LogP contribution in [0.1, 0.15) is 63.5 Å². The first-order valence-electron chi connectivity index (χ1n) is 11.6. The fourth-order valence-corrected chi connectivity index (χ4v) is 4.79. The molecule has 1 aromatic rings. The predicted octanol–water partition coefficient (Wildman–Crippen LogP) is 5.64. The SMILES string of the molecule is Cc1ccc(NC(=O)C[C@H](CN)C(=N)/C(=C/[C@H]2C[C@@H](CC(C)C)C2)C2CC2)c(C)c1. The summed E-state index contributed by atoms with van der Waals surface area (Å²) in [7, 11) is 0. The maximum absolute atomic E-state index is 12.7. The van der Waals surface area contributed by atoms with Crippen LogP contribution >= 0.6 is 0 Å². The van der Waals surface area contributed by atoms with Gasteiger partial charge in [0.1, 0.15) is 0 Å². The molecule has 0 aliphatic heterocycles. The van der Waals surface area contributed by atoms with Crippen LogP contribution in [0.4, 0.5) is 5.69 Å². The van der Waals surface area contributed by atoms with Gasteiger partial charge in [-0.15, -0.1) is 0 Å². The molecule has 4 N–H and O–H groups in total. The highest BCUT2D eigenvalue weighted by atomic mass is 16.1. The lowest BCUT2D eigenvalue weighted by Gasteiger charge is -2.35. The van der Waals surface area contributed by atoms with E-state index in [9.17, 15) is 4.79 Å². The maximum atomic E-state index is 12.7. The van der Waals surface area contributed by atoms with Crippen LogP contribution in [-0.4, -0.2) is 18.2 Å². The lowest BCUT2D eigenvalue weighted by Crippen LogP contribution is -2.31. The van der Waals surface area contributed by atoms with Gasteiger partial charge in [0.25, 0.3) is 0 Å². The van der Waals surface area contributed by atoms with Crippen molar-refractivity contribution in [3.05, 3.63) is 41.0 Å². The van der Waals surface area contributed by atoms with Crippen LogP contribution in [0, 0.1) is 48.8 Å². The van der Waals surface area contributed by atoms with Gasteiger partial charge < -0.3 is 16.5 Å². The first kappa shape index (κ1) is 22.7. The fraction of sp³-hybridized carbons (Fsp3) is 0.615. The van der Waals surface area contributed by atoms with E-state index in [-0.39, 0.29) is 18.2 Å². The second-order valence-electron chi connectivity index (χ2n) is 10.0. The monoisotopic (exact) mass is 409 g/mol. The molecule has 2 fully saturated rings. The van der Waals surface area contributed by atoms with Gasteiger partial charge in [-0.1, -0.05) is 37.6 Å². The van der Waals surface area contributed by atoms with Crippen LogP contribution in [-0.2, 0) is 4.79 Å². The number of hydrogen-bond acceptors (Lipinski definition) is 3. The average Bonchev–Trinajstić information content (AvgIpc) is 3.48. The van der Waals surface area contributed by atoms with E-state index in [2.05, 4.69) is 31.3 Å². The van der Waals surface area contributed by atoms with Crippen molar-refractivity contribution in [3.8, 4) is 0 Å². The number of hydrogen-bond donors (Lipinski definition) is 3. The van der Waals surface area contributed by atoms with Gasteiger partial charge in [-0.2, -0.15) is 0 Å². The van der Waals surface area contributed by atoms with Crippen molar-refractivity contribution in [2.45, 2.75) is 66.2 Å². The molecule has 2 aliphatic rings. The van der Waals surface area contributed by atoms with Gasteiger partial charge in [-0.3, -0.25) is 4.79 Å². The number of amides is 1. The molecule has 0 saturated heterocycles. The van der Waals surface area contributed by atoms with Crippen LogP contribution in [0.15, 0.2) is 29.8 Å². The molecule has 1 atom stereocenters. The Kier molecular flexibility index (Phi) is 7.51. The van der Waals surface area contributed by atoms with Crippen molar-refractivity contribution in [2.24, 2.45) is 35.3 Å². The number of benzene rings is 1. The Morgan fingerprint density at radius 3 is 2.53 bits per heavy atom. The summed E-state index contributed by atoms with van der Waals surface area (Å²) in [5, 5.41) is 11.9. The average molecular weight is 410 g/mol. The number of aryl methyl sites for hydroxylation is 2. The summed E-state index contributed by atoms with van der Waals surface area (Å²) in [6.45, 7) is 8.98. The number of allylic oxidation sites excluding steroid dienone is 2. The summed E-state index contributed by atoms with van der Waals surface area (Å²) in [6.07, 6.45) is 8.79. The Labute approximate surface area is 182 Å². The van der Waals surface area contributed by atoms with Crippen molar-refractivity contribution in [3.63, 3.8) is 0 Å². The Morgan fingerprint density at radius 1 is 1.27 bits per heavy atom. The maximum Gasteiger partial charge on any atom is 0.225 e. The molecule has 3 rings (SSSR count). The Balaban J connectivity index is 1.60. The van der Waals surface area contributed by atoms with Crippen LogP contribution in [0.3, 0.4) is 0 Å². The molecule has 0 bridgehead atoms. The van der Waals surface area contributed by atoms with E-state index in [0.717, 1.165) is 23.1 Å². The fourth-order valence-electron chi connectivity index (χ4n) is 4.79. The Hall–Kier alpha value is -1.94. The molecule has 0 heterocycles. The molecule has 4 nitrogen and oxygen atoms in total. The summed E-state index contributed by atoms with van der Waals surface area (Å²) in [5.41, 5.74) is 10.9. The third kappa shape index (κ3) is 6.04. The zero-order valence-electron chi connectivity index (χ0n) is 19.1. The lowest BCUT2D eigenvalue weighted by molar-refractivity contribution is -0.116. The first-order chi connectivity index (χ1) is 14.3. The second kappa shape index (κ2) is 9.91. The standard InChI is InChI=1S/C26H39N3O/c1-16(2)9-19-11-20(12-19)13-23(21-6-7-21)26(28)22(15-27)14-25(30)29-24-8-5-17(3)10-18(24)4/h5,8,10,13,16,19-22,28H,6-7,9,11-12,14-15,27H2,1-4H3,(H,29,30)/b23-13+,28-26?/t19-,20+,22-/m1/s1. The normalized spacial score (nSPS) is 22.5. The van der Waals surface area contributed by atoms with Gasteiger partial charge in [0.05, 0.1) is 0 Å². The van der Waals surface area contributed by atoms with Gasteiger partial charge in [0.2, 0.25) is 5.91 Å². The number of anilines is 1. The summed E-state index contributed by atoms with van der Waals surface area (Å²) in [6, 6.07) is 6.02. The molecule has 2 aliphatic carbocycles. The molecule has 164 valence electrons. The molecular formula is C26H39N3O. The van der Waals surface area contributed by atoms with Crippen molar-refractivity contribution in [2.75, 3.05) is 11.9 Å². The van der Waals surface area contributed by atoms with Crippen LogP contribution in [0.2, 0.25) is 0 Å². The molecule has 0 aromatic heterocycles. The van der Waals surface area contributed by atoms with Crippen LogP contribution < -0.4 is 11.1 Å². The molecule has 4 heteroatoms. The molecule has 2 saturated carbocycles. The first-order valence-corrected chi connectivity index (χ1v) is 11.6. The van der Waals surface area contributed by atoms with Gasteiger partial charge in [0, 0.05) is 30.3 Å². The van der Waals surface area contributed by atoms with Crippen LogP contribution in [0.5, 0.6) is 0 Å². The predicted molar refractivity (Wildman–Crippen MR) is 126 cm³/mol. The Bertz CT molecular complexity index is 800. The van der Waals surface area contributed by atoms with Gasteiger partial charge in [-0.05, 0) is 86.8 Å². The van der Waals surface area contributed by atoms with Crippen molar-refractivity contribution in [1.29, 1.82) is 5.41 Å². The zero-order chi connectivity index (χ0) is 21.8. The van der Waals surface area contributed by atoms with E-state index in [1.165, 1.54) is 43.2 Å². The minimum absolute atomic E-state index is 0.0575. The van der Waals surface area contributed by atoms with E-state index >= 15 is 0 Å². The van der Waals surface area contributed by atoms with Crippen molar-refractivity contribution < 1.29 is 4.79 Å². The third-order valence-electron chi connectivity index (χ3n) is 6.60. The molecule has 1 aromatic carbocycles. The van der Waals surface area contributed by atoms with E-state index in [0.29, 0.717) is 24.1 Å². The quantitative estimate of drug-likeness (QED) is 0.438. The van der Waals surface area contributed by atoms with E-state index < -0.39 is 0 Å². The van der Waals surface area contributed by atoms with Gasteiger partial charge in [-0.25, -0.2) is 0 Å². The third-order valence-corrected chi connectivity index (χ3v) is 6.60. The minimum Gasteiger partial charge on any atom is -0.330 e. The largest absolute Gasteiger partial charge is 0.330 e. The summed E-state index contributed by atoms with van der Waals surface area (Å²) in [4.78, 5) is 12.7. The minimum atomic E-state index is -0.214. The van der Waals surface area contributed by atoms with Crippen molar-refractivity contribution in [1.82, 2.24) is 0 Å². The zero-order valence-corrected chi connectivity index (χ0v) is 19.1. The number of nitrogens with one attached hydrogen (secondary N) is 2. The summed E-state index contributed by atoms with van der Waals surface area (Å²) in [5.74, 6) is 2.45. The molecule has 0 radical (unpaired) electrons. The highest BCUT2D eigenvalue weighted by Gasteiger charge is 2.35. The number of rotatable bonds is 10. The van der Waals surface area contributed by atoms with Crippen LogP contribution in [0.25, 0.3) is 0 Å².